The lowest BCUT2D eigenvalue weighted by Gasteiger charge is -2.14. The molecule has 0 fully saturated rings. The molecule has 2 rings (SSSR count). The minimum absolute atomic E-state index is 0.0606. The molecule has 0 saturated heterocycles. The fourth-order valence-electron chi connectivity index (χ4n) is 2.15. The van der Waals surface area contributed by atoms with Gasteiger partial charge in [-0.2, -0.15) is 0 Å². The second-order valence-electron chi connectivity index (χ2n) is 4.86. The molecule has 0 radical (unpaired) electrons. The molecule has 2 aromatic rings. The third-order valence-corrected chi connectivity index (χ3v) is 3.23. The summed E-state index contributed by atoms with van der Waals surface area (Å²) in [7, 11) is 0. The van der Waals surface area contributed by atoms with E-state index in [1.165, 1.54) is 6.07 Å². The van der Waals surface area contributed by atoms with E-state index < -0.39 is 17.7 Å². The normalized spacial score (nSPS) is 12.2. The first kappa shape index (κ1) is 16.4. The molecular formula is C17H19F2NO2. The second-order valence-corrected chi connectivity index (χ2v) is 4.86. The van der Waals surface area contributed by atoms with Crippen LogP contribution in [0.15, 0.2) is 42.5 Å². The van der Waals surface area contributed by atoms with Gasteiger partial charge in [-0.25, -0.2) is 8.78 Å². The molecule has 0 aliphatic rings. The van der Waals surface area contributed by atoms with E-state index in [1.54, 1.807) is 0 Å². The largest absolute Gasteiger partial charge is 0.494 e. The van der Waals surface area contributed by atoms with Crippen LogP contribution in [-0.4, -0.2) is 18.3 Å². The maximum Gasteiger partial charge on any atom is 0.131 e. The Morgan fingerprint density at radius 3 is 2.32 bits per heavy atom. The van der Waals surface area contributed by atoms with E-state index >= 15 is 0 Å². The van der Waals surface area contributed by atoms with E-state index in [0.717, 1.165) is 23.4 Å². The van der Waals surface area contributed by atoms with Gasteiger partial charge in [0, 0.05) is 13.1 Å². The van der Waals surface area contributed by atoms with Crippen molar-refractivity contribution in [2.45, 2.75) is 19.6 Å². The minimum Gasteiger partial charge on any atom is -0.494 e. The molecule has 0 aliphatic carbocycles. The molecule has 0 amide bonds. The van der Waals surface area contributed by atoms with Crippen molar-refractivity contribution >= 4 is 0 Å². The Balaban J connectivity index is 1.88. The molecule has 0 spiro atoms. The average molecular weight is 307 g/mol. The molecule has 5 heteroatoms. The number of aliphatic hydroxyl groups is 1. The number of halogens is 2. The zero-order valence-electron chi connectivity index (χ0n) is 12.4. The van der Waals surface area contributed by atoms with Gasteiger partial charge < -0.3 is 15.2 Å². The average Bonchev–Trinajstić information content (AvgIpc) is 2.49. The summed E-state index contributed by atoms with van der Waals surface area (Å²) < 4.78 is 32.4. The van der Waals surface area contributed by atoms with Crippen LogP contribution < -0.4 is 10.1 Å². The monoisotopic (exact) mass is 307 g/mol. The van der Waals surface area contributed by atoms with E-state index in [4.69, 9.17) is 4.74 Å². The quantitative estimate of drug-likeness (QED) is 0.825. The van der Waals surface area contributed by atoms with E-state index in [0.29, 0.717) is 13.2 Å². The number of aliphatic hydroxyl groups excluding tert-OH is 1. The van der Waals surface area contributed by atoms with Crippen molar-refractivity contribution in [1.29, 1.82) is 0 Å². The van der Waals surface area contributed by atoms with Crippen LogP contribution in [0.25, 0.3) is 0 Å². The van der Waals surface area contributed by atoms with Crippen molar-refractivity contribution < 1.29 is 18.6 Å². The predicted octanol–water partition coefficient (Wildman–Crippen LogP) is 3.19. The van der Waals surface area contributed by atoms with Gasteiger partial charge in [0.25, 0.3) is 0 Å². The molecule has 0 bridgehead atoms. The van der Waals surface area contributed by atoms with Crippen molar-refractivity contribution in [2.24, 2.45) is 0 Å². The summed E-state index contributed by atoms with van der Waals surface area (Å²) in [5.41, 5.74) is 0.686. The summed E-state index contributed by atoms with van der Waals surface area (Å²) in [6, 6.07) is 11.0. The predicted molar refractivity (Wildman–Crippen MR) is 80.6 cm³/mol. The van der Waals surface area contributed by atoms with Gasteiger partial charge in [0.15, 0.2) is 0 Å². The number of hydrogen-bond donors (Lipinski definition) is 2. The Hall–Kier alpha value is -1.98. The molecule has 1 atom stereocenters. The second kappa shape index (κ2) is 7.87. The smallest absolute Gasteiger partial charge is 0.131 e. The lowest BCUT2D eigenvalue weighted by Crippen LogP contribution is -2.22. The van der Waals surface area contributed by atoms with E-state index in [-0.39, 0.29) is 12.1 Å². The molecule has 0 saturated carbocycles. The van der Waals surface area contributed by atoms with Crippen LogP contribution in [0.3, 0.4) is 0 Å². The fraction of sp³-hybridized carbons (Fsp3) is 0.294. The summed E-state index contributed by atoms with van der Waals surface area (Å²) in [6.07, 6.45) is -1.23. The number of benzene rings is 2. The summed E-state index contributed by atoms with van der Waals surface area (Å²) in [5.74, 6) is -0.689. The van der Waals surface area contributed by atoms with Crippen LogP contribution in [0.1, 0.15) is 24.2 Å². The number of nitrogens with one attached hydrogen (secondary N) is 1. The van der Waals surface area contributed by atoms with Gasteiger partial charge in [0.05, 0.1) is 18.3 Å². The van der Waals surface area contributed by atoms with E-state index in [1.807, 2.05) is 31.2 Å². The minimum atomic E-state index is -1.23. The van der Waals surface area contributed by atoms with E-state index in [2.05, 4.69) is 5.32 Å². The Morgan fingerprint density at radius 2 is 1.73 bits per heavy atom. The number of rotatable bonds is 7. The van der Waals surface area contributed by atoms with Gasteiger partial charge in [0.2, 0.25) is 0 Å². The Bertz CT molecular complexity index is 582. The van der Waals surface area contributed by atoms with Crippen LogP contribution in [-0.2, 0) is 6.54 Å². The zero-order valence-corrected chi connectivity index (χ0v) is 12.4. The first-order valence-corrected chi connectivity index (χ1v) is 7.16. The summed E-state index contributed by atoms with van der Waals surface area (Å²) in [6.45, 7) is 3.07. The van der Waals surface area contributed by atoms with Gasteiger partial charge in [-0.3, -0.25) is 0 Å². The first-order valence-electron chi connectivity index (χ1n) is 7.16. The molecular weight excluding hydrogens is 288 g/mol. The molecule has 1 unspecified atom stereocenters. The fourth-order valence-corrected chi connectivity index (χ4v) is 2.15. The van der Waals surface area contributed by atoms with Crippen LogP contribution in [0, 0.1) is 11.6 Å². The van der Waals surface area contributed by atoms with Gasteiger partial charge in [-0.05, 0) is 36.8 Å². The first-order chi connectivity index (χ1) is 10.6. The van der Waals surface area contributed by atoms with Gasteiger partial charge in [0.1, 0.15) is 17.4 Å². The zero-order chi connectivity index (χ0) is 15.9. The van der Waals surface area contributed by atoms with Crippen molar-refractivity contribution in [2.75, 3.05) is 13.2 Å². The van der Waals surface area contributed by atoms with Crippen LogP contribution in [0.2, 0.25) is 0 Å². The summed E-state index contributed by atoms with van der Waals surface area (Å²) in [4.78, 5) is 0. The highest BCUT2D eigenvalue weighted by Crippen LogP contribution is 2.20. The highest BCUT2D eigenvalue weighted by Gasteiger charge is 2.17. The van der Waals surface area contributed by atoms with Crippen LogP contribution >= 0.6 is 0 Å². The SMILES string of the molecule is CCOc1ccc(CNCC(O)c2c(F)cccc2F)cc1. The molecule has 118 valence electrons. The molecule has 2 N–H and O–H groups in total. The molecule has 0 aromatic heterocycles. The molecule has 0 aliphatic heterocycles. The van der Waals surface area contributed by atoms with Crippen LogP contribution in [0.4, 0.5) is 8.78 Å². The Labute approximate surface area is 128 Å². The third kappa shape index (κ3) is 4.26. The number of hydrogen-bond acceptors (Lipinski definition) is 3. The standard InChI is InChI=1S/C17H19F2NO2/c1-2-22-13-8-6-12(7-9-13)10-20-11-16(21)17-14(18)4-3-5-15(17)19/h3-9,16,20-21H,2,10-11H2,1H3. The lowest BCUT2D eigenvalue weighted by molar-refractivity contribution is 0.164. The van der Waals surface area contributed by atoms with Gasteiger partial charge in [-0.1, -0.05) is 18.2 Å². The molecule has 0 heterocycles. The van der Waals surface area contributed by atoms with E-state index in [9.17, 15) is 13.9 Å². The maximum atomic E-state index is 13.5. The number of ether oxygens (including phenoxy) is 1. The molecule has 2 aromatic carbocycles. The highest BCUT2D eigenvalue weighted by molar-refractivity contribution is 5.27. The topological polar surface area (TPSA) is 41.5 Å². The van der Waals surface area contributed by atoms with Crippen molar-refractivity contribution in [3.63, 3.8) is 0 Å². The summed E-state index contributed by atoms with van der Waals surface area (Å²) in [5, 5.41) is 12.9. The lowest BCUT2D eigenvalue weighted by atomic mass is 10.1. The molecule has 22 heavy (non-hydrogen) atoms. The van der Waals surface area contributed by atoms with Gasteiger partial charge in [-0.15, -0.1) is 0 Å². The van der Waals surface area contributed by atoms with Crippen molar-refractivity contribution in [3.8, 4) is 5.75 Å². The maximum absolute atomic E-state index is 13.5. The Morgan fingerprint density at radius 1 is 1.09 bits per heavy atom. The highest BCUT2D eigenvalue weighted by atomic mass is 19.1. The Kier molecular flexibility index (Phi) is 5.86. The third-order valence-electron chi connectivity index (χ3n) is 3.23. The van der Waals surface area contributed by atoms with Crippen molar-refractivity contribution in [3.05, 3.63) is 65.2 Å². The van der Waals surface area contributed by atoms with Gasteiger partial charge >= 0.3 is 0 Å². The molecule has 3 nitrogen and oxygen atoms in total. The van der Waals surface area contributed by atoms with Crippen molar-refractivity contribution in [1.82, 2.24) is 5.32 Å². The summed E-state index contributed by atoms with van der Waals surface area (Å²) >= 11 is 0. The van der Waals surface area contributed by atoms with Crippen LogP contribution in [0.5, 0.6) is 5.75 Å².